The second-order valence-electron chi connectivity index (χ2n) is 7.09. The summed E-state index contributed by atoms with van der Waals surface area (Å²) in [5, 5.41) is 13.6. The van der Waals surface area contributed by atoms with Crippen LogP contribution < -0.4 is 10.1 Å². The summed E-state index contributed by atoms with van der Waals surface area (Å²) in [6.07, 6.45) is 2.56. The van der Waals surface area contributed by atoms with Crippen LogP contribution in [0.3, 0.4) is 0 Å². The number of hydrogen-bond acceptors (Lipinski definition) is 4. The van der Waals surface area contributed by atoms with E-state index in [0.29, 0.717) is 23.7 Å². The van der Waals surface area contributed by atoms with Crippen LogP contribution in [-0.2, 0) is 4.74 Å². The second kappa shape index (κ2) is 4.62. The van der Waals surface area contributed by atoms with E-state index < -0.39 is 0 Å². The van der Waals surface area contributed by atoms with Crippen molar-refractivity contribution in [1.29, 1.82) is 0 Å². The Bertz CT molecular complexity index is 557. The van der Waals surface area contributed by atoms with Gasteiger partial charge in [0.2, 0.25) is 0 Å². The van der Waals surface area contributed by atoms with Crippen LogP contribution in [0.15, 0.2) is 18.2 Å². The van der Waals surface area contributed by atoms with Gasteiger partial charge >= 0.3 is 0 Å². The highest BCUT2D eigenvalue weighted by molar-refractivity contribution is 5.49. The van der Waals surface area contributed by atoms with Gasteiger partial charge in [0.15, 0.2) is 11.5 Å². The Hall–Kier alpha value is -1.26. The predicted molar refractivity (Wildman–Crippen MR) is 79.5 cm³/mol. The van der Waals surface area contributed by atoms with E-state index in [1.54, 1.807) is 6.07 Å². The van der Waals surface area contributed by atoms with E-state index in [1.807, 2.05) is 12.1 Å². The van der Waals surface area contributed by atoms with Gasteiger partial charge in [0.25, 0.3) is 0 Å². The lowest BCUT2D eigenvalue weighted by molar-refractivity contribution is -0.178. The number of piperidine rings is 1. The Labute approximate surface area is 125 Å². The number of para-hydroxylation sites is 1. The molecule has 0 spiro atoms. The molecule has 0 radical (unpaired) electrons. The van der Waals surface area contributed by atoms with Crippen LogP contribution in [0.1, 0.15) is 38.4 Å². The van der Waals surface area contributed by atoms with Crippen molar-refractivity contribution in [2.75, 3.05) is 13.1 Å². The van der Waals surface area contributed by atoms with Crippen LogP contribution in [-0.4, -0.2) is 29.9 Å². The van der Waals surface area contributed by atoms with Crippen LogP contribution in [0.25, 0.3) is 0 Å². The minimum absolute atomic E-state index is 0.0372. The normalized spacial score (nSPS) is 36.9. The van der Waals surface area contributed by atoms with Crippen molar-refractivity contribution >= 4 is 0 Å². The van der Waals surface area contributed by atoms with E-state index in [4.69, 9.17) is 9.47 Å². The highest BCUT2D eigenvalue weighted by atomic mass is 16.5. The monoisotopic (exact) mass is 289 g/mol. The molecule has 3 aliphatic rings. The van der Waals surface area contributed by atoms with Gasteiger partial charge in [-0.05, 0) is 45.2 Å². The lowest BCUT2D eigenvalue weighted by Gasteiger charge is -2.52. The number of aromatic hydroxyl groups is 1. The first-order valence-electron chi connectivity index (χ1n) is 7.93. The molecule has 0 saturated carbocycles. The smallest absolute Gasteiger partial charge is 0.167 e. The zero-order chi connectivity index (χ0) is 14.6. The molecule has 2 fully saturated rings. The number of benzene rings is 1. The maximum absolute atomic E-state index is 10.1. The number of rotatable bonds is 0. The van der Waals surface area contributed by atoms with Gasteiger partial charge in [-0.15, -0.1) is 0 Å². The lowest BCUT2D eigenvalue weighted by atomic mass is 9.71. The van der Waals surface area contributed by atoms with Crippen molar-refractivity contribution in [2.24, 2.45) is 11.8 Å². The molecule has 0 amide bonds. The molecule has 3 heterocycles. The summed E-state index contributed by atoms with van der Waals surface area (Å²) in [7, 11) is 0. The first-order valence-corrected chi connectivity index (χ1v) is 7.93. The van der Waals surface area contributed by atoms with E-state index in [2.05, 4.69) is 19.2 Å². The fraction of sp³-hybridized carbons (Fsp3) is 0.647. The Kier molecular flexibility index (Phi) is 2.95. The summed E-state index contributed by atoms with van der Waals surface area (Å²) < 4.78 is 12.6. The average molecular weight is 289 g/mol. The average Bonchev–Trinajstić information content (AvgIpc) is 2.47. The number of fused-ring (bicyclic) bond motifs is 4. The topological polar surface area (TPSA) is 50.7 Å². The molecule has 2 saturated heterocycles. The minimum atomic E-state index is -0.321. The number of phenolic OH excluding ortho intramolecular Hbond substituents is 1. The summed E-state index contributed by atoms with van der Waals surface area (Å²) >= 11 is 0. The predicted octanol–water partition coefficient (Wildman–Crippen LogP) is 2.62. The third kappa shape index (κ3) is 2.04. The molecule has 4 nitrogen and oxygen atoms in total. The van der Waals surface area contributed by atoms with Gasteiger partial charge in [0, 0.05) is 18.0 Å². The minimum Gasteiger partial charge on any atom is -0.504 e. The van der Waals surface area contributed by atoms with Gasteiger partial charge in [-0.3, -0.25) is 0 Å². The van der Waals surface area contributed by atoms with E-state index in [0.717, 1.165) is 31.5 Å². The van der Waals surface area contributed by atoms with Crippen LogP contribution in [0, 0.1) is 11.8 Å². The zero-order valence-electron chi connectivity index (χ0n) is 12.6. The molecule has 1 aromatic carbocycles. The molecule has 4 rings (SSSR count). The van der Waals surface area contributed by atoms with Crippen LogP contribution in [0.4, 0.5) is 0 Å². The van der Waals surface area contributed by atoms with Gasteiger partial charge in [-0.1, -0.05) is 12.1 Å². The summed E-state index contributed by atoms with van der Waals surface area (Å²) in [5.41, 5.74) is 0.690. The third-order valence-electron chi connectivity index (χ3n) is 5.37. The summed E-state index contributed by atoms with van der Waals surface area (Å²) in [6.45, 7) is 6.29. The van der Waals surface area contributed by atoms with Crippen molar-refractivity contribution in [3.8, 4) is 11.5 Å². The van der Waals surface area contributed by atoms with Crippen molar-refractivity contribution in [1.82, 2.24) is 5.32 Å². The quantitative estimate of drug-likeness (QED) is 0.771. The molecular formula is C17H23NO3. The fourth-order valence-electron chi connectivity index (χ4n) is 4.20. The maximum Gasteiger partial charge on any atom is 0.167 e. The molecule has 0 aromatic heterocycles. The number of ether oxygens (including phenoxy) is 2. The summed E-state index contributed by atoms with van der Waals surface area (Å²) in [4.78, 5) is 0. The van der Waals surface area contributed by atoms with Gasteiger partial charge in [0.05, 0.1) is 12.2 Å². The van der Waals surface area contributed by atoms with Crippen molar-refractivity contribution in [3.63, 3.8) is 0 Å². The molecule has 114 valence electrons. The number of phenols is 1. The van der Waals surface area contributed by atoms with Crippen LogP contribution in [0.5, 0.6) is 11.5 Å². The third-order valence-corrected chi connectivity index (χ3v) is 5.37. The molecule has 4 heteroatoms. The Balaban J connectivity index is 1.75. The molecule has 2 N–H and O–H groups in total. The molecule has 0 bridgehead atoms. The van der Waals surface area contributed by atoms with E-state index in [-0.39, 0.29) is 17.5 Å². The standard InChI is InChI=1S/C17H23NO3/c1-17(2)12-8-10-9-18-7-6-14(10)20-15(12)11-4-3-5-13(19)16(11)21-17/h3-5,10,12,14-15,18-19H,6-9H2,1-2H3/t10-,12-,14-,15+/m0/s1. The lowest BCUT2D eigenvalue weighted by Crippen LogP contribution is -2.54. The zero-order valence-corrected chi connectivity index (χ0v) is 12.6. The molecule has 3 aliphatic heterocycles. The van der Waals surface area contributed by atoms with E-state index >= 15 is 0 Å². The molecule has 1 aromatic rings. The van der Waals surface area contributed by atoms with Crippen LogP contribution in [0.2, 0.25) is 0 Å². The molecule has 0 aliphatic carbocycles. The largest absolute Gasteiger partial charge is 0.504 e. The highest BCUT2D eigenvalue weighted by Gasteiger charge is 2.51. The Morgan fingerprint density at radius 2 is 2.19 bits per heavy atom. The Morgan fingerprint density at radius 3 is 3.05 bits per heavy atom. The first kappa shape index (κ1) is 13.4. The van der Waals surface area contributed by atoms with E-state index in [9.17, 15) is 5.11 Å². The molecule has 0 unspecified atom stereocenters. The molecular weight excluding hydrogens is 266 g/mol. The second-order valence-corrected chi connectivity index (χ2v) is 7.09. The van der Waals surface area contributed by atoms with E-state index in [1.165, 1.54) is 0 Å². The van der Waals surface area contributed by atoms with Gasteiger partial charge in [0.1, 0.15) is 5.60 Å². The van der Waals surface area contributed by atoms with Gasteiger partial charge in [-0.2, -0.15) is 0 Å². The summed E-state index contributed by atoms with van der Waals surface area (Å²) in [6, 6.07) is 5.60. The van der Waals surface area contributed by atoms with Gasteiger partial charge < -0.3 is 19.9 Å². The molecule has 21 heavy (non-hydrogen) atoms. The number of hydrogen-bond donors (Lipinski definition) is 2. The van der Waals surface area contributed by atoms with Crippen molar-refractivity contribution < 1.29 is 14.6 Å². The van der Waals surface area contributed by atoms with Crippen LogP contribution >= 0.6 is 0 Å². The number of nitrogens with one attached hydrogen (secondary N) is 1. The summed E-state index contributed by atoms with van der Waals surface area (Å²) in [5.74, 6) is 1.72. The maximum atomic E-state index is 10.1. The first-order chi connectivity index (χ1) is 10.1. The Morgan fingerprint density at radius 1 is 1.33 bits per heavy atom. The fourth-order valence-corrected chi connectivity index (χ4v) is 4.20. The van der Waals surface area contributed by atoms with Gasteiger partial charge in [-0.25, -0.2) is 0 Å². The van der Waals surface area contributed by atoms with Crippen molar-refractivity contribution in [2.45, 2.75) is 44.5 Å². The van der Waals surface area contributed by atoms with Crippen molar-refractivity contribution in [3.05, 3.63) is 23.8 Å². The molecule has 4 atom stereocenters. The SMILES string of the molecule is CC1(C)Oc2c(O)cccc2[C@H]2O[C@H]3CCNC[C@@H]3C[C@@H]21. The highest BCUT2D eigenvalue weighted by Crippen LogP contribution is 2.54.